The van der Waals surface area contributed by atoms with Crippen LogP contribution in [0, 0.1) is 5.41 Å². The average molecular weight is 233 g/mol. The predicted octanol–water partition coefficient (Wildman–Crippen LogP) is 2.24. The maximum atomic E-state index is 11.5. The van der Waals surface area contributed by atoms with Crippen LogP contribution in [0.25, 0.3) is 0 Å². The van der Waals surface area contributed by atoms with Gasteiger partial charge in [-0.2, -0.15) is 0 Å². The molecule has 4 heteroatoms. The number of nitrogens with zero attached hydrogens (tertiary/aromatic N) is 1. The van der Waals surface area contributed by atoms with Gasteiger partial charge in [-0.1, -0.05) is 20.3 Å². The van der Waals surface area contributed by atoms with Gasteiger partial charge < -0.3 is 0 Å². The van der Waals surface area contributed by atoms with Crippen LogP contribution in [0.15, 0.2) is 0 Å². The fraction of sp³-hybridized carbons (Fsp3) is 1.00. The molecule has 1 aliphatic rings. The molecular formula is C11H23NO2S. The topological polar surface area (TPSA) is 37.4 Å². The highest BCUT2D eigenvalue weighted by Gasteiger charge is 2.22. The Bertz CT molecular complexity index is 296. The first-order valence-corrected chi connectivity index (χ1v) is 7.61. The molecule has 1 fully saturated rings. The van der Waals surface area contributed by atoms with E-state index in [2.05, 4.69) is 13.8 Å². The molecule has 1 saturated heterocycles. The normalized spacial score (nSPS) is 25.3. The van der Waals surface area contributed by atoms with Crippen LogP contribution in [-0.4, -0.2) is 32.1 Å². The molecule has 0 aromatic carbocycles. The summed E-state index contributed by atoms with van der Waals surface area (Å²) in [5.41, 5.74) is 0.382. The molecule has 0 aromatic rings. The van der Waals surface area contributed by atoms with Crippen molar-refractivity contribution in [3.63, 3.8) is 0 Å². The van der Waals surface area contributed by atoms with Crippen molar-refractivity contribution >= 4 is 10.0 Å². The smallest absolute Gasteiger partial charge is 0.211 e. The van der Waals surface area contributed by atoms with Crippen LogP contribution < -0.4 is 0 Å². The fourth-order valence-electron chi connectivity index (χ4n) is 2.19. The quantitative estimate of drug-likeness (QED) is 0.696. The highest BCUT2D eigenvalue weighted by molar-refractivity contribution is 7.88. The van der Waals surface area contributed by atoms with Crippen molar-refractivity contribution in [2.45, 2.75) is 46.0 Å². The van der Waals surface area contributed by atoms with Crippen LogP contribution in [0.4, 0.5) is 0 Å². The van der Waals surface area contributed by atoms with Crippen molar-refractivity contribution in [2.75, 3.05) is 19.3 Å². The molecule has 0 saturated carbocycles. The Kier molecular flexibility index (Phi) is 4.18. The zero-order valence-electron chi connectivity index (χ0n) is 10.1. The van der Waals surface area contributed by atoms with E-state index in [1.54, 1.807) is 4.31 Å². The Labute approximate surface area is 93.9 Å². The van der Waals surface area contributed by atoms with E-state index in [0.29, 0.717) is 18.5 Å². The first-order chi connectivity index (χ1) is 6.81. The summed E-state index contributed by atoms with van der Waals surface area (Å²) in [4.78, 5) is 0. The highest BCUT2D eigenvalue weighted by atomic mass is 32.2. The third-order valence-electron chi connectivity index (χ3n) is 3.24. The van der Waals surface area contributed by atoms with E-state index in [-0.39, 0.29) is 0 Å². The van der Waals surface area contributed by atoms with Gasteiger partial charge in [0.1, 0.15) is 0 Å². The van der Waals surface area contributed by atoms with E-state index in [1.165, 1.54) is 12.7 Å². The summed E-state index contributed by atoms with van der Waals surface area (Å²) in [6.07, 6.45) is 6.77. The third-order valence-corrected chi connectivity index (χ3v) is 4.54. The molecule has 15 heavy (non-hydrogen) atoms. The van der Waals surface area contributed by atoms with Crippen LogP contribution in [0.1, 0.15) is 46.0 Å². The maximum absolute atomic E-state index is 11.5. The predicted molar refractivity (Wildman–Crippen MR) is 63.3 cm³/mol. The lowest BCUT2D eigenvalue weighted by atomic mass is 9.83. The Morgan fingerprint density at radius 3 is 2.13 bits per heavy atom. The van der Waals surface area contributed by atoms with Crippen LogP contribution >= 0.6 is 0 Å². The molecule has 90 valence electrons. The molecule has 0 aliphatic carbocycles. The Hall–Kier alpha value is -0.0900. The maximum Gasteiger partial charge on any atom is 0.211 e. The Morgan fingerprint density at radius 1 is 1.00 bits per heavy atom. The van der Waals surface area contributed by atoms with Crippen molar-refractivity contribution in [1.82, 2.24) is 4.31 Å². The van der Waals surface area contributed by atoms with Gasteiger partial charge in [-0.25, -0.2) is 12.7 Å². The molecule has 0 aromatic heterocycles. The molecule has 0 bridgehead atoms. The lowest BCUT2D eigenvalue weighted by Gasteiger charge is -2.23. The summed E-state index contributed by atoms with van der Waals surface area (Å²) < 4.78 is 24.5. The Morgan fingerprint density at radius 2 is 1.53 bits per heavy atom. The molecule has 0 atom stereocenters. The van der Waals surface area contributed by atoms with Crippen LogP contribution in [0.5, 0.6) is 0 Å². The van der Waals surface area contributed by atoms with E-state index in [4.69, 9.17) is 0 Å². The van der Waals surface area contributed by atoms with Crippen LogP contribution in [0.2, 0.25) is 0 Å². The van der Waals surface area contributed by atoms with Gasteiger partial charge in [-0.15, -0.1) is 0 Å². The lowest BCUT2D eigenvalue weighted by molar-refractivity contribution is 0.294. The third kappa shape index (κ3) is 4.51. The first kappa shape index (κ1) is 13.0. The van der Waals surface area contributed by atoms with E-state index < -0.39 is 10.0 Å². The summed E-state index contributed by atoms with van der Waals surface area (Å²) in [5.74, 6) is 0. The molecule has 0 radical (unpaired) electrons. The van der Waals surface area contributed by atoms with Crippen molar-refractivity contribution in [3.8, 4) is 0 Å². The van der Waals surface area contributed by atoms with E-state index >= 15 is 0 Å². The SMILES string of the molecule is CC1(C)CCCCN(S(C)(=O)=O)CCC1. The second kappa shape index (κ2) is 4.83. The number of sulfonamides is 1. The molecule has 1 rings (SSSR count). The average Bonchev–Trinajstić information content (AvgIpc) is 2.13. The van der Waals surface area contributed by atoms with Crippen LogP contribution in [0.3, 0.4) is 0 Å². The van der Waals surface area contributed by atoms with Gasteiger partial charge >= 0.3 is 0 Å². The van der Waals surface area contributed by atoms with Crippen LogP contribution in [-0.2, 0) is 10.0 Å². The lowest BCUT2D eigenvalue weighted by Crippen LogP contribution is -2.31. The fourth-order valence-corrected chi connectivity index (χ4v) is 3.12. The molecule has 1 heterocycles. The van der Waals surface area contributed by atoms with Gasteiger partial charge in [-0.05, 0) is 31.1 Å². The number of hydrogen-bond donors (Lipinski definition) is 0. The summed E-state index contributed by atoms with van der Waals surface area (Å²) in [6, 6.07) is 0. The first-order valence-electron chi connectivity index (χ1n) is 5.76. The second-order valence-corrected chi connectivity index (χ2v) is 7.37. The zero-order valence-corrected chi connectivity index (χ0v) is 10.9. The van der Waals surface area contributed by atoms with Gasteiger partial charge in [0, 0.05) is 13.1 Å². The van der Waals surface area contributed by atoms with Gasteiger partial charge in [0.05, 0.1) is 6.26 Å². The number of rotatable bonds is 1. The van der Waals surface area contributed by atoms with Crippen molar-refractivity contribution in [3.05, 3.63) is 0 Å². The Balaban J connectivity index is 2.61. The summed E-state index contributed by atoms with van der Waals surface area (Å²) in [5, 5.41) is 0. The second-order valence-electron chi connectivity index (χ2n) is 5.39. The molecule has 1 aliphatic heterocycles. The molecule has 3 nitrogen and oxygen atoms in total. The van der Waals surface area contributed by atoms with E-state index in [0.717, 1.165) is 25.7 Å². The molecule has 0 spiro atoms. The molecule has 0 amide bonds. The van der Waals surface area contributed by atoms with Gasteiger partial charge in [0.25, 0.3) is 0 Å². The standard InChI is InChI=1S/C11H23NO2S/c1-11(2)7-4-5-9-12(10-6-8-11)15(3,13)14/h4-10H2,1-3H3. The summed E-state index contributed by atoms with van der Waals surface area (Å²) in [6.45, 7) is 5.96. The minimum Gasteiger partial charge on any atom is -0.213 e. The summed E-state index contributed by atoms with van der Waals surface area (Å²) >= 11 is 0. The van der Waals surface area contributed by atoms with E-state index in [9.17, 15) is 8.42 Å². The van der Waals surface area contributed by atoms with Gasteiger partial charge in [-0.3, -0.25) is 0 Å². The zero-order chi connectivity index (χ0) is 11.5. The minimum absolute atomic E-state index is 0.382. The van der Waals surface area contributed by atoms with Crippen molar-refractivity contribution < 1.29 is 8.42 Å². The summed E-state index contributed by atoms with van der Waals surface area (Å²) in [7, 11) is -2.99. The van der Waals surface area contributed by atoms with Crippen molar-refractivity contribution in [1.29, 1.82) is 0 Å². The molecule has 0 N–H and O–H groups in total. The highest BCUT2D eigenvalue weighted by Crippen LogP contribution is 2.30. The van der Waals surface area contributed by atoms with Gasteiger partial charge in [0.15, 0.2) is 0 Å². The number of hydrogen-bond acceptors (Lipinski definition) is 2. The largest absolute Gasteiger partial charge is 0.213 e. The molecule has 0 unspecified atom stereocenters. The molecular weight excluding hydrogens is 210 g/mol. The minimum atomic E-state index is -2.99. The van der Waals surface area contributed by atoms with E-state index in [1.807, 2.05) is 0 Å². The van der Waals surface area contributed by atoms with Gasteiger partial charge in [0.2, 0.25) is 10.0 Å². The van der Waals surface area contributed by atoms with Crippen molar-refractivity contribution in [2.24, 2.45) is 5.41 Å². The monoisotopic (exact) mass is 233 g/mol.